The number of carbonyl (C=O) groups is 3. The lowest BCUT2D eigenvalue weighted by Gasteiger charge is -2.09. The third-order valence-electron chi connectivity index (χ3n) is 4.64. The first-order valence-corrected chi connectivity index (χ1v) is 11.1. The topological polar surface area (TPSA) is 118 Å². The minimum Gasteiger partial charge on any atom is -0.490 e. The lowest BCUT2D eigenvalue weighted by atomic mass is 10.2. The standard InChI is InChI=1S/C27H26N4O5/c1-18(2)27(34)36-17-16-35-25-14-4-20(5-15-25)26(33)29-22-8-12-24(13-9-22)31-30-23-10-6-21(7-11-23)28-19(3)32/h4-15H,1,16-17H2,2-3H3,(H,28,32)(H,29,33)/b31-30+. The van der Waals surface area contributed by atoms with Gasteiger partial charge < -0.3 is 20.1 Å². The van der Waals surface area contributed by atoms with Gasteiger partial charge in [-0.25, -0.2) is 4.79 Å². The number of nitrogens with zero attached hydrogens (tertiary/aromatic N) is 2. The van der Waals surface area contributed by atoms with Crippen LogP contribution in [-0.4, -0.2) is 31.0 Å². The lowest BCUT2D eigenvalue weighted by molar-refractivity contribution is -0.139. The van der Waals surface area contributed by atoms with Crippen molar-refractivity contribution in [3.63, 3.8) is 0 Å². The molecule has 0 radical (unpaired) electrons. The van der Waals surface area contributed by atoms with Crippen LogP contribution in [0.5, 0.6) is 5.75 Å². The summed E-state index contributed by atoms with van der Waals surface area (Å²) in [5.74, 6) is -0.322. The first kappa shape index (κ1) is 25.8. The highest BCUT2D eigenvalue weighted by Gasteiger charge is 2.07. The number of hydrogen-bond acceptors (Lipinski definition) is 7. The smallest absolute Gasteiger partial charge is 0.333 e. The van der Waals surface area contributed by atoms with Gasteiger partial charge in [0.25, 0.3) is 5.91 Å². The Labute approximate surface area is 208 Å². The minimum atomic E-state index is -0.462. The molecule has 3 aromatic rings. The van der Waals surface area contributed by atoms with Crippen molar-refractivity contribution in [2.75, 3.05) is 23.8 Å². The van der Waals surface area contributed by atoms with Gasteiger partial charge in [0, 0.05) is 29.4 Å². The van der Waals surface area contributed by atoms with Gasteiger partial charge in [-0.1, -0.05) is 6.58 Å². The molecule has 0 aliphatic carbocycles. The summed E-state index contributed by atoms with van der Waals surface area (Å²) in [6.45, 7) is 6.83. The molecule has 3 aromatic carbocycles. The average molecular weight is 487 g/mol. The van der Waals surface area contributed by atoms with Crippen LogP contribution in [-0.2, 0) is 14.3 Å². The maximum absolute atomic E-state index is 12.5. The first-order chi connectivity index (χ1) is 17.3. The van der Waals surface area contributed by atoms with Gasteiger partial charge in [-0.05, 0) is 79.7 Å². The summed E-state index contributed by atoms with van der Waals surface area (Å²) in [6, 6.07) is 20.6. The molecule has 0 saturated heterocycles. The zero-order valence-corrected chi connectivity index (χ0v) is 20.0. The van der Waals surface area contributed by atoms with E-state index in [2.05, 4.69) is 27.4 Å². The van der Waals surface area contributed by atoms with Gasteiger partial charge in [-0.3, -0.25) is 9.59 Å². The summed E-state index contributed by atoms with van der Waals surface area (Å²) in [6.07, 6.45) is 0. The molecule has 0 bridgehead atoms. The van der Waals surface area contributed by atoms with Gasteiger partial charge in [0.05, 0.1) is 11.4 Å². The molecule has 0 aliphatic heterocycles. The van der Waals surface area contributed by atoms with E-state index in [1.165, 1.54) is 6.92 Å². The number of rotatable bonds is 10. The molecule has 0 aliphatic rings. The zero-order chi connectivity index (χ0) is 25.9. The van der Waals surface area contributed by atoms with Crippen molar-refractivity contribution < 1.29 is 23.9 Å². The normalized spacial score (nSPS) is 10.5. The number of esters is 1. The highest BCUT2D eigenvalue weighted by Crippen LogP contribution is 2.22. The van der Waals surface area contributed by atoms with Crippen LogP contribution in [0.4, 0.5) is 22.7 Å². The Bertz CT molecular complexity index is 1250. The monoisotopic (exact) mass is 486 g/mol. The molecule has 2 amide bonds. The molecule has 0 spiro atoms. The Balaban J connectivity index is 1.48. The Morgan fingerprint density at radius 3 is 1.78 bits per heavy atom. The largest absolute Gasteiger partial charge is 0.490 e. The van der Waals surface area contributed by atoms with Crippen molar-refractivity contribution in [2.45, 2.75) is 13.8 Å². The van der Waals surface area contributed by atoms with Crippen molar-refractivity contribution in [3.8, 4) is 5.75 Å². The molecule has 36 heavy (non-hydrogen) atoms. The van der Waals surface area contributed by atoms with E-state index in [1.54, 1.807) is 79.7 Å². The molecule has 0 unspecified atom stereocenters. The maximum Gasteiger partial charge on any atom is 0.333 e. The van der Waals surface area contributed by atoms with E-state index < -0.39 is 5.97 Å². The second-order valence-electron chi connectivity index (χ2n) is 7.72. The van der Waals surface area contributed by atoms with Gasteiger partial charge in [-0.15, -0.1) is 0 Å². The van der Waals surface area contributed by atoms with Crippen LogP contribution in [0.2, 0.25) is 0 Å². The second kappa shape index (κ2) is 12.6. The predicted octanol–water partition coefficient (Wildman–Crippen LogP) is 5.81. The van der Waals surface area contributed by atoms with E-state index in [-0.39, 0.29) is 25.0 Å². The van der Waals surface area contributed by atoms with E-state index in [1.807, 2.05) is 0 Å². The van der Waals surface area contributed by atoms with Crippen LogP contribution in [0, 0.1) is 0 Å². The third-order valence-corrected chi connectivity index (χ3v) is 4.64. The van der Waals surface area contributed by atoms with Crippen molar-refractivity contribution in [2.24, 2.45) is 10.2 Å². The van der Waals surface area contributed by atoms with Gasteiger partial charge in [-0.2, -0.15) is 10.2 Å². The fourth-order valence-corrected chi connectivity index (χ4v) is 2.86. The third kappa shape index (κ3) is 8.21. The SMILES string of the molecule is C=C(C)C(=O)OCCOc1ccc(C(=O)Nc2ccc(/N=N/c3ccc(NC(C)=O)cc3)cc2)cc1. The highest BCUT2D eigenvalue weighted by atomic mass is 16.6. The molecule has 9 nitrogen and oxygen atoms in total. The number of azo groups is 1. The number of carbonyl (C=O) groups excluding carboxylic acids is 3. The molecule has 0 atom stereocenters. The summed E-state index contributed by atoms with van der Waals surface area (Å²) >= 11 is 0. The summed E-state index contributed by atoms with van der Waals surface area (Å²) in [4.78, 5) is 34.9. The zero-order valence-electron chi connectivity index (χ0n) is 20.0. The van der Waals surface area contributed by atoms with Gasteiger partial charge in [0.15, 0.2) is 0 Å². The number of nitrogens with one attached hydrogen (secondary N) is 2. The Hall–Kier alpha value is -4.79. The molecule has 184 valence electrons. The molecule has 0 saturated carbocycles. The van der Waals surface area contributed by atoms with Crippen LogP contribution in [0.15, 0.2) is 95.2 Å². The molecule has 3 rings (SSSR count). The van der Waals surface area contributed by atoms with Crippen molar-refractivity contribution >= 4 is 40.5 Å². The molecule has 0 aromatic heterocycles. The summed E-state index contributed by atoms with van der Waals surface area (Å²) in [7, 11) is 0. The lowest BCUT2D eigenvalue weighted by Crippen LogP contribution is -2.13. The number of benzene rings is 3. The fraction of sp³-hybridized carbons (Fsp3) is 0.148. The number of anilines is 2. The Morgan fingerprint density at radius 1 is 0.750 bits per heavy atom. The minimum absolute atomic E-state index is 0.106. The molecule has 2 N–H and O–H groups in total. The quantitative estimate of drug-likeness (QED) is 0.162. The highest BCUT2D eigenvalue weighted by molar-refractivity contribution is 6.04. The summed E-state index contributed by atoms with van der Waals surface area (Å²) < 4.78 is 10.5. The van der Waals surface area contributed by atoms with Crippen LogP contribution < -0.4 is 15.4 Å². The number of ether oxygens (including phenoxy) is 2. The van der Waals surface area contributed by atoms with E-state index in [0.717, 1.165) is 0 Å². The second-order valence-corrected chi connectivity index (χ2v) is 7.72. The van der Waals surface area contributed by atoms with E-state index >= 15 is 0 Å². The predicted molar refractivity (Wildman–Crippen MR) is 137 cm³/mol. The van der Waals surface area contributed by atoms with Gasteiger partial charge in [0.1, 0.15) is 19.0 Å². The van der Waals surface area contributed by atoms with E-state index in [4.69, 9.17) is 9.47 Å². The summed E-state index contributed by atoms with van der Waals surface area (Å²) in [5, 5.41) is 13.9. The van der Waals surface area contributed by atoms with Gasteiger partial charge in [0.2, 0.25) is 5.91 Å². The van der Waals surface area contributed by atoms with Crippen molar-refractivity contribution in [1.82, 2.24) is 0 Å². The molecule has 0 fully saturated rings. The van der Waals surface area contributed by atoms with Crippen LogP contribution in [0.25, 0.3) is 0 Å². The molecule has 9 heteroatoms. The summed E-state index contributed by atoms with van der Waals surface area (Å²) in [5.41, 5.74) is 3.35. The van der Waals surface area contributed by atoms with Crippen LogP contribution in [0.3, 0.4) is 0 Å². The van der Waals surface area contributed by atoms with E-state index in [0.29, 0.717) is 39.6 Å². The Kier molecular flexibility index (Phi) is 9.05. The molecule has 0 heterocycles. The molecular formula is C27H26N4O5. The van der Waals surface area contributed by atoms with Crippen molar-refractivity contribution in [3.05, 3.63) is 90.5 Å². The van der Waals surface area contributed by atoms with Crippen LogP contribution in [0.1, 0.15) is 24.2 Å². The fourth-order valence-electron chi connectivity index (χ4n) is 2.86. The van der Waals surface area contributed by atoms with E-state index in [9.17, 15) is 14.4 Å². The first-order valence-electron chi connectivity index (χ1n) is 11.1. The average Bonchev–Trinajstić information content (AvgIpc) is 2.87. The van der Waals surface area contributed by atoms with Gasteiger partial charge >= 0.3 is 5.97 Å². The Morgan fingerprint density at radius 2 is 1.28 bits per heavy atom. The van der Waals surface area contributed by atoms with Crippen molar-refractivity contribution in [1.29, 1.82) is 0 Å². The number of hydrogen-bond donors (Lipinski definition) is 2. The number of amides is 2. The molecular weight excluding hydrogens is 460 g/mol. The maximum atomic E-state index is 12.5. The van der Waals surface area contributed by atoms with Crippen LogP contribution >= 0.6 is 0 Å².